The quantitative estimate of drug-likeness (QED) is 0.808. The number of aromatic nitrogens is 2. The number of nitrogens with zero attached hydrogens (tertiary/aromatic N) is 2. The van der Waals surface area contributed by atoms with Crippen molar-refractivity contribution in [2.24, 2.45) is 0 Å². The van der Waals surface area contributed by atoms with Gasteiger partial charge in [0.25, 0.3) is 10.2 Å². The second-order valence-corrected chi connectivity index (χ2v) is 5.47. The van der Waals surface area contributed by atoms with Crippen LogP contribution in [0.15, 0.2) is 30.6 Å². The number of hydrogen-bond donors (Lipinski definition) is 2. The van der Waals surface area contributed by atoms with Crippen LogP contribution in [0.3, 0.4) is 0 Å². The molecular weight excluding hydrogens is 252 g/mol. The number of hydrogen-bond acceptors (Lipinski definition) is 3. The topological polar surface area (TPSA) is 75.5 Å². The van der Waals surface area contributed by atoms with E-state index in [2.05, 4.69) is 14.4 Å². The summed E-state index contributed by atoms with van der Waals surface area (Å²) in [4.78, 5) is 4.19. The number of rotatable bonds is 6. The molecule has 0 radical (unpaired) electrons. The molecule has 7 heteroatoms. The summed E-state index contributed by atoms with van der Waals surface area (Å²) in [6, 6.07) is 5.70. The van der Waals surface area contributed by atoms with Gasteiger partial charge in [-0.25, -0.2) is 9.71 Å². The average Bonchev–Trinajstić information content (AvgIpc) is 2.78. The van der Waals surface area contributed by atoms with Crippen LogP contribution in [0, 0.1) is 0 Å². The van der Waals surface area contributed by atoms with E-state index in [0.717, 1.165) is 11.9 Å². The van der Waals surface area contributed by atoms with Crippen molar-refractivity contribution in [3.8, 4) is 0 Å². The SMILES string of the molecule is CCCNS(=O)(=O)NCc1ncc2ccccn12. The molecule has 0 saturated heterocycles. The van der Waals surface area contributed by atoms with Crippen molar-refractivity contribution in [3.05, 3.63) is 36.4 Å². The zero-order valence-corrected chi connectivity index (χ0v) is 10.9. The molecule has 0 saturated carbocycles. The summed E-state index contributed by atoms with van der Waals surface area (Å²) in [5.74, 6) is 0.660. The maximum absolute atomic E-state index is 11.6. The Morgan fingerprint density at radius 2 is 2.17 bits per heavy atom. The third-order valence-electron chi connectivity index (χ3n) is 2.48. The van der Waals surface area contributed by atoms with E-state index in [-0.39, 0.29) is 6.54 Å². The van der Waals surface area contributed by atoms with Gasteiger partial charge in [0.2, 0.25) is 0 Å². The van der Waals surface area contributed by atoms with E-state index in [1.165, 1.54) is 0 Å². The molecule has 0 aromatic carbocycles. The molecule has 2 N–H and O–H groups in total. The van der Waals surface area contributed by atoms with E-state index in [4.69, 9.17) is 0 Å². The lowest BCUT2D eigenvalue weighted by molar-refractivity contribution is 0.563. The minimum Gasteiger partial charge on any atom is -0.303 e. The van der Waals surface area contributed by atoms with Crippen LogP contribution in [0.4, 0.5) is 0 Å². The predicted molar refractivity (Wildman–Crippen MR) is 69.2 cm³/mol. The largest absolute Gasteiger partial charge is 0.303 e. The fourth-order valence-corrected chi connectivity index (χ4v) is 2.47. The lowest BCUT2D eigenvalue weighted by atomic mass is 10.4. The number of fused-ring (bicyclic) bond motifs is 1. The van der Waals surface area contributed by atoms with Crippen molar-refractivity contribution >= 4 is 15.7 Å². The van der Waals surface area contributed by atoms with Crippen LogP contribution in [0.1, 0.15) is 19.2 Å². The first kappa shape index (κ1) is 13.0. The smallest absolute Gasteiger partial charge is 0.277 e. The molecule has 98 valence electrons. The second-order valence-electron chi connectivity index (χ2n) is 3.89. The van der Waals surface area contributed by atoms with Gasteiger partial charge in [-0.2, -0.15) is 13.1 Å². The summed E-state index contributed by atoms with van der Waals surface area (Å²) in [5.41, 5.74) is 0.938. The summed E-state index contributed by atoms with van der Waals surface area (Å²) in [6.45, 7) is 2.50. The molecule has 18 heavy (non-hydrogen) atoms. The molecule has 0 aliphatic rings. The summed E-state index contributed by atoms with van der Waals surface area (Å²) < 4.78 is 29.9. The highest BCUT2D eigenvalue weighted by Crippen LogP contribution is 2.05. The van der Waals surface area contributed by atoms with E-state index >= 15 is 0 Å². The van der Waals surface area contributed by atoms with Gasteiger partial charge in [-0.15, -0.1) is 0 Å². The average molecular weight is 268 g/mol. The minimum atomic E-state index is -3.44. The van der Waals surface area contributed by atoms with Gasteiger partial charge in [-0.3, -0.25) is 0 Å². The Bertz CT molecular complexity index is 621. The summed E-state index contributed by atoms with van der Waals surface area (Å²) in [5, 5.41) is 0. The van der Waals surface area contributed by atoms with Gasteiger partial charge < -0.3 is 4.40 Å². The lowest BCUT2D eigenvalue weighted by Crippen LogP contribution is -2.36. The first-order valence-corrected chi connectivity index (χ1v) is 7.26. The van der Waals surface area contributed by atoms with Gasteiger partial charge >= 0.3 is 0 Å². The van der Waals surface area contributed by atoms with Gasteiger partial charge in [0.1, 0.15) is 5.82 Å². The molecule has 2 rings (SSSR count). The molecular formula is C11H16N4O2S. The maximum Gasteiger partial charge on any atom is 0.277 e. The van der Waals surface area contributed by atoms with E-state index in [9.17, 15) is 8.42 Å². The normalized spacial score (nSPS) is 12.1. The fraction of sp³-hybridized carbons (Fsp3) is 0.364. The molecule has 0 aliphatic carbocycles. The van der Waals surface area contributed by atoms with E-state index in [1.807, 2.05) is 35.7 Å². The maximum atomic E-state index is 11.6. The van der Waals surface area contributed by atoms with E-state index < -0.39 is 10.2 Å². The highest BCUT2D eigenvalue weighted by Gasteiger charge is 2.10. The fourth-order valence-electron chi connectivity index (χ4n) is 1.58. The Morgan fingerprint density at radius 1 is 1.33 bits per heavy atom. The standard InChI is InChI=1S/C11H16N4O2S/c1-2-6-13-18(16,17)14-9-11-12-8-10-5-3-4-7-15(10)11/h3-5,7-8,13-14H,2,6,9H2,1H3. The Kier molecular flexibility index (Phi) is 3.95. The minimum absolute atomic E-state index is 0.164. The van der Waals surface area contributed by atoms with Crippen LogP contribution < -0.4 is 9.44 Å². The Balaban J connectivity index is 2.06. The lowest BCUT2D eigenvalue weighted by Gasteiger charge is -2.06. The zero-order valence-electron chi connectivity index (χ0n) is 10.1. The van der Waals surface area contributed by atoms with E-state index in [0.29, 0.717) is 12.4 Å². The molecule has 0 amide bonds. The van der Waals surface area contributed by atoms with Crippen molar-refractivity contribution in [2.75, 3.05) is 6.54 Å². The van der Waals surface area contributed by atoms with Crippen molar-refractivity contribution in [2.45, 2.75) is 19.9 Å². The molecule has 0 unspecified atom stereocenters. The van der Waals surface area contributed by atoms with Crippen molar-refractivity contribution in [1.29, 1.82) is 0 Å². The van der Waals surface area contributed by atoms with Gasteiger partial charge in [0, 0.05) is 12.7 Å². The van der Waals surface area contributed by atoms with Crippen LogP contribution in [0.2, 0.25) is 0 Å². The predicted octanol–water partition coefficient (Wildman–Crippen LogP) is 0.668. The highest BCUT2D eigenvalue weighted by molar-refractivity contribution is 7.87. The van der Waals surface area contributed by atoms with Crippen molar-refractivity contribution < 1.29 is 8.42 Å². The monoisotopic (exact) mass is 268 g/mol. The van der Waals surface area contributed by atoms with Crippen LogP contribution in [0.25, 0.3) is 5.52 Å². The third kappa shape index (κ3) is 3.06. The van der Waals surface area contributed by atoms with Crippen LogP contribution in [0.5, 0.6) is 0 Å². The third-order valence-corrected chi connectivity index (χ3v) is 3.59. The molecule has 6 nitrogen and oxygen atoms in total. The van der Waals surface area contributed by atoms with Crippen molar-refractivity contribution in [3.63, 3.8) is 0 Å². The molecule has 0 aliphatic heterocycles. The first-order valence-electron chi connectivity index (χ1n) is 5.77. The molecule has 0 bridgehead atoms. The molecule has 2 aromatic rings. The van der Waals surface area contributed by atoms with Gasteiger partial charge in [-0.05, 0) is 18.6 Å². The number of imidazole rings is 1. The Labute approximate surface area is 106 Å². The highest BCUT2D eigenvalue weighted by atomic mass is 32.2. The number of pyridine rings is 1. The molecule has 2 aromatic heterocycles. The van der Waals surface area contributed by atoms with Gasteiger partial charge in [0.15, 0.2) is 0 Å². The Morgan fingerprint density at radius 3 is 2.94 bits per heavy atom. The zero-order chi connectivity index (χ0) is 13.0. The summed E-state index contributed by atoms with van der Waals surface area (Å²) in [6.07, 6.45) is 4.32. The van der Waals surface area contributed by atoms with Crippen LogP contribution >= 0.6 is 0 Å². The molecule has 0 atom stereocenters. The summed E-state index contributed by atoms with van der Waals surface area (Å²) in [7, 11) is -3.44. The first-order chi connectivity index (χ1) is 8.62. The van der Waals surface area contributed by atoms with Crippen molar-refractivity contribution in [1.82, 2.24) is 18.8 Å². The number of nitrogens with one attached hydrogen (secondary N) is 2. The molecule has 2 heterocycles. The van der Waals surface area contributed by atoms with Gasteiger partial charge in [-0.1, -0.05) is 13.0 Å². The Hall–Kier alpha value is -1.44. The summed E-state index contributed by atoms with van der Waals surface area (Å²) >= 11 is 0. The van der Waals surface area contributed by atoms with E-state index in [1.54, 1.807) is 6.20 Å². The van der Waals surface area contributed by atoms with Crippen LogP contribution in [-0.4, -0.2) is 24.3 Å². The van der Waals surface area contributed by atoms with Crippen LogP contribution in [-0.2, 0) is 16.8 Å². The molecule has 0 fully saturated rings. The second kappa shape index (κ2) is 5.47. The molecule has 0 spiro atoms. The van der Waals surface area contributed by atoms with Gasteiger partial charge in [0.05, 0.1) is 18.3 Å².